The first-order valence-electron chi connectivity index (χ1n) is 23.3. The van der Waals surface area contributed by atoms with Crippen molar-refractivity contribution in [2.24, 2.45) is 35.5 Å². The van der Waals surface area contributed by atoms with E-state index in [1.165, 1.54) is 0 Å². The summed E-state index contributed by atoms with van der Waals surface area (Å²) < 4.78 is 54.1. The van der Waals surface area contributed by atoms with E-state index in [1.807, 2.05) is 25.2 Å². The summed E-state index contributed by atoms with van der Waals surface area (Å²) in [5.74, 6) is -4.41. The van der Waals surface area contributed by atoms with E-state index in [9.17, 15) is 15.0 Å². The number of piperidine rings is 1. The molecule has 13 heteroatoms. The molecule has 13 nitrogen and oxygen atoms in total. The number of nitrogens with one attached hydrogen (secondary N) is 1. The molecule has 0 aromatic carbocycles. The van der Waals surface area contributed by atoms with Crippen molar-refractivity contribution in [3.63, 3.8) is 0 Å². The normalized spacial score (nSPS) is 52.9. The fraction of sp³-hybridized carbons (Fsp3) is 0.851. The molecular weight excluding hydrogens is 771 g/mol. The van der Waals surface area contributed by atoms with E-state index in [2.05, 4.69) is 52.6 Å². The smallest absolute Gasteiger partial charge is 0.303 e. The standard InChI is InChI=1S/C47H71NO12/c1-26-18-36-41-38(24-45(58-41)30(5)17-27(2)25-48-45)56-44(22-26,55-36)23-29(4)40-28(3)19-32(7)47(52,59-40)42(51)37-21-35-34(53-37)20-31(6)46(57-35)16-15-43(60-46)14-10-12-33(54-43)11-8-9-13-39(49)50/h8,10-11,14,26-28,30-38,40-42,48,51-52H,4,9,12-13,15-25H2,1-3,5-7H3,(H,49,50)/b11-8+/t26-,27+,28-,30-,31+,32+,33+,34+,35+,36+,37-,38+,40-,41+,42+,43-,44-,45-,46+,47+/m0/s1. The maximum Gasteiger partial charge on any atom is 0.303 e. The third-order valence-corrected chi connectivity index (χ3v) is 15.9. The Morgan fingerprint density at radius 2 is 1.67 bits per heavy atom. The Kier molecular flexibility index (Phi) is 11.6. The lowest BCUT2D eigenvalue weighted by molar-refractivity contribution is -0.367. The molecule has 2 bridgehead atoms. The third kappa shape index (κ3) is 7.81. The monoisotopic (exact) mass is 841 g/mol. The minimum atomic E-state index is -1.88. The molecule has 0 saturated carbocycles. The van der Waals surface area contributed by atoms with Crippen LogP contribution in [0, 0.1) is 35.5 Å². The van der Waals surface area contributed by atoms with Crippen molar-refractivity contribution in [2.75, 3.05) is 6.54 Å². The van der Waals surface area contributed by atoms with Gasteiger partial charge in [0.1, 0.15) is 17.9 Å². The average Bonchev–Trinajstić information content (AvgIpc) is 3.87. The van der Waals surface area contributed by atoms with E-state index in [1.54, 1.807) is 0 Å². The van der Waals surface area contributed by atoms with Gasteiger partial charge in [-0.15, -0.1) is 0 Å². The van der Waals surface area contributed by atoms with Crippen molar-refractivity contribution in [3.05, 3.63) is 36.5 Å². The van der Waals surface area contributed by atoms with Crippen molar-refractivity contribution >= 4 is 5.97 Å². The van der Waals surface area contributed by atoms with Crippen LogP contribution in [-0.4, -0.2) is 112 Å². The van der Waals surface area contributed by atoms with Crippen LogP contribution in [0.1, 0.15) is 125 Å². The molecule has 0 aromatic rings. The van der Waals surface area contributed by atoms with E-state index in [0.717, 1.165) is 37.8 Å². The molecule has 9 rings (SSSR count). The van der Waals surface area contributed by atoms with Crippen LogP contribution in [0.2, 0.25) is 0 Å². The Labute approximate surface area is 355 Å². The largest absolute Gasteiger partial charge is 0.481 e. The van der Waals surface area contributed by atoms with Crippen LogP contribution in [0.3, 0.4) is 0 Å². The zero-order valence-electron chi connectivity index (χ0n) is 36.6. The van der Waals surface area contributed by atoms with Crippen LogP contribution in [-0.2, 0) is 42.7 Å². The minimum Gasteiger partial charge on any atom is -0.481 e. The summed E-state index contributed by atoms with van der Waals surface area (Å²) in [5, 5.41) is 37.3. The zero-order valence-corrected chi connectivity index (χ0v) is 36.6. The molecule has 3 spiro atoms. The van der Waals surface area contributed by atoms with Gasteiger partial charge in [0.15, 0.2) is 23.1 Å². The van der Waals surface area contributed by atoms with Crippen LogP contribution in [0.5, 0.6) is 0 Å². The number of carboxylic acid groups (broad SMARTS) is 1. The first-order valence-corrected chi connectivity index (χ1v) is 23.3. The molecule has 0 radical (unpaired) electrons. The number of ether oxygens (including phenoxy) is 8. The summed E-state index contributed by atoms with van der Waals surface area (Å²) in [6.07, 6.45) is 12.2. The van der Waals surface area contributed by atoms with Crippen molar-refractivity contribution in [3.8, 4) is 0 Å². The lowest BCUT2D eigenvalue weighted by Gasteiger charge is -2.53. The SMILES string of the molecule is C=C(C[C@@]12C[C@@H](C)C[C@@H](O1)[C@H]1O[C@]3(C[C@H]1O2)NC[C@H](C)C[C@@H]3C)[C@H]1O[C@@](O)([C@H](O)[C@@H]2C[C@H]3O[C@@]4(CC[C@]5(C=CC[C@@H](/C=C/CCC(=O)O)O5)O4)[C@H](C)C[C@H]3O2)[C@H](C)C[C@@H]1C. The van der Waals surface area contributed by atoms with Gasteiger partial charge < -0.3 is 53.2 Å². The first-order chi connectivity index (χ1) is 28.4. The molecule has 0 aliphatic carbocycles. The number of aliphatic hydroxyl groups excluding tert-OH is 1. The summed E-state index contributed by atoms with van der Waals surface area (Å²) in [6.45, 7) is 18.5. The van der Waals surface area contributed by atoms with Gasteiger partial charge in [0.25, 0.3) is 0 Å². The number of aliphatic carboxylic acids is 1. The van der Waals surface area contributed by atoms with Gasteiger partial charge in [-0.2, -0.15) is 0 Å². The third-order valence-electron chi connectivity index (χ3n) is 15.9. The van der Waals surface area contributed by atoms with Crippen LogP contribution in [0.15, 0.2) is 36.5 Å². The van der Waals surface area contributed by atoms with E-state index < -0.39 is 53.2 Å². The molecule has 8 saturated heterocycles. The lowest BCUT2D eigenvalue weighted by Crippen LogP contribution is -2.62. The van der Waals surface area contributed by atoms with Crippen LogP contribution in [0.25, 0.3) is 0 Å². The number of rotatable bonds is 9. The minimum absolute atomic E-state index is 0.0210. The summed E-state index contributed by atoms with van der Waals surface area (Å²) in [5.41, 5.74) is 0.390. The van der Waals surface area contributed by atoms with Gasteiger partial charge in [-0.3, -0.25) is 10.1 Å². The highest BCUT2D eigenvalue weighted by Gasteiger charge is 2.64. The van der Waals surface area contributed by atoms with Gasteiger partial charge in [0, 0.05) is 63.3 Å². The molecule has 0 amide bonds. The second-order valence-corrected chi connectivity index (χ2v) is 20.9. The molecule has 9 aliphatic rings. The van der Waals surface area contributed by atoms with Crippen molar-refractivity contribution in [2.45, 2.75) is 209 Å². The van der Waals surface area contributed by atoms with Gasteiger partial charge in [-0.1, -0.05) is 66.3 Å². The van der Waals surface area contributed by atoms with E-state index in [4.69, 9.17) is 43.0 Å². The number of fused-ring (bicyclic) bond motifs is 5. The number of carboxylic acids is 1. The van der Waals surface area contributed by atoms with E-state index in [-0.39, 0.29) is 60.8 Å². The second-order valence-electron chi connectivity index (χ2n) is 20.9. The Hall–Kier alpha value is -1.75. The van der Waals surface area contributed by atoms with Crippen LogP contribution in [0.4, 0.5) is 0 Å². The second kappa shape index (κ2) is 16.0. The summed E-state index contributed by atoms with van der Waals surface area (Å²) in [4.78, 5) is 11.0. The Balaban J connectivity index is 0.846. The van der Waals surface area contributed by atoms with Crippen molar-refractivity contribution < 1.29 is 58.0 Å². The maximum atomic E-state index is 12.4. The van der Waals surface area contributed by atoms with Gasteiger partial charge in [-0.05, 0) is 73.8 Å². The van der Waals surface area contributed by atoms with Gasteiger partial charge >= 0.3 is 5.97 Å². The van der Waals surface area contributed by atoms with Gasteiger partial charge in [0.05, 0.1) is 42.7 Å². The molecule has 20 atom stereocenters. The summed E-state index contributed by atoms with van der Waals surface area (Å²) >= 11 is 0. The quantitative estimate of drug-likeness (QED) is 0.193. The predicted molar refractivity (Wildman–Crippen MR) is 219 cm³/mol. The number of hydrogen-bond donors (Lipinski definition) is 4. The number of aliphatic hydroxyl groups is 2. The molecule has 60 heavy (non-hydrogen) atoms. The molecule has 9 aliphatic heterocycles. The fourth-order valence-electron chi connectivity index (χ4n) is 12.8. The van der Waals surface area contributed by atoms with Crippen molar-refractivity contribution in [1.29, 1.82) is 0 Å². The van der Waals surface area contributed by atoms with Crippen LogP contribution >= 0.6 is 0 Å². The topological polar surface area (TPSA) is 164 Å². The molecule has 4 N–H and O–H groups in total. The zero-order chi connectivity index (χ0) is 42.4. The average molecular weight is 842 g/mol. The van der Waals surface area contributed by atoms with Crippen molar-refractivity contribution in [1.82, 2.24) is 5.32 Å². The Morgan fingerprint density at radius 3 is 2.45 bits per heavy atom. The molecule has 9 heterocycles. The number of hydrogen-bond acceptors (Lipinski definition) is 12. The highest BCUT2D eigenvalue weighted by Crippen LogP contribution is 2.55. The van der Waals surface area contributed by atoms with E-state index in [0.29, 0.717) is 69.1 Å². The highest BCUT2D eigenvalue weighted by atomic mass is 16.8. The fourth-order valence-corrected chi connectivity index (χ4v) is 12.8. The molecule has 0 unspecified atom stereocenters. The van der Waals surface area contributed by atoms with Crippen LogP contribution < -0.4 is 5.32 Å². The maximum absolute atomic E-state index is 12.4. The molecule has 336 valence electrons. The highest BCUT2D eigenvalue weighted by molar-refractivity contribution is 5.66. The molecule has 8 fully saturated rings. The summed E-state index contributed by atoms with van der Waals surface area (Å²) in [6, 6.07) is 0. The first kappa shape index (κ1) is 43.5. The lowest BCUT2D eigenvalue weighted by atomic mass is 9.76. The Bertz CT molecular complexity index is 1690. The number of allylic oxidation sites excluding steroid dienone is 1. The molecule has 0 aromatic heterocycles. The summed E-state index contributed by atoms with van der Waals surface area (Å²) in [7, 11) is 0. The predicted octanol–water partition coefficient (Wildman–Crippen LogP) is 6.26. The Morgan fingerprint density at radius 1 is 0.867 bits per heavy atom. The van der Waals surface area contributed by atoms with Gasteiger partial charge in [0.2, 0.25) is 0 Å². The number of carbonyl (C=O) groups is 1. The van der Waals surface area contributed by atoms with Gasteiger partial charge in [-0.25, -0.2) is 0 Å². The van der Waals surface area contributed by atoms with E-state index >= 15 is 0 Å². The molecular formula is C47H71NO12.